The first-order valence-corrected chi connectivity index (χ1v) is 9.34. The van der Waals surface area contributed by atoms with Crippen LogP contribution in [0.5, 0.6) is 5.75 Å². The van der Waals surface area contributed by atoms with Gasteiger partial charge in [0.2, 0.25) is 0 Å². The van der Waals surface area contributed by atoms with Crippen LogP contribution >= 0.6 is 0 Å². The molecule has 0 fully saturated rings. The topological polar surface area (TPSA) is 72.8 Å². The summed E-state index contributed by atoms with van der Waals surface area (Å²) >= 11 is 0. The molecule has 0 unspecified atom stereocenters. The zero-order valence-corrected chi connectivity index (χ0v) is 17.8. The summed E-state index contributed by atoms with van der Waals surface area (Å²) in [5, 5.41) is 9.28. The maximum Gasteiger partial charge on any atom is 0.338 e. The third kappa shape index (κ3) is 7.90. The molecule has 0 bridgehead atoms. The molecule has 5 nitrogen and oxygen atoms in total. The van der Waals surface area contributed by atoms with Crippen LogP contribution in [0, 0.1) is 34.6 Å². The van der Waals surface area contributed by atoms with Crippen LogP contribution in [0.2, 0.25) is 0 Å². The van der Waals surface area contributed by atoms with E-state index in [2.05, 4.69) is 0 Å². The predicted molar refractivity (Wildman–Crippen MR) is 124 cm³/mol. The van der Waals surface area contributed by atoms with Gasteiger partial charge in [0.25, 0.3) is 0 Å². The lowest BCUT2D eigenvalue weighted by atomic mass is 10.00. The number of esters is 2. The molecule has 0 aliphatic heterocycles. The lowest BCUT2D eigenvalue weighted by molar-refractivity contribution is 0.0514. The number of phenols is 1. The smallest absolute Gasteiger partial charge is 0.338 e. The maximum atomic E-state index is 11.6. The SMILES string of the molecule is C.C.CCOC(=O)c1c(C)cc(C)cc1C.CCOC(=O)c1c(C)cc(O)cc1C. The summed E-state index contributed by atoms with van der Waals surface area (Å²) in [6.07, 6.45) is 0. The Hall–Kier alpha value is -2.82. The first-order valence-electron chi connectivity index (χ1n) is 9.34. The average molecular weight is 419 g/mol. The van der Waals surface area contributed by atoms with Gasteiger partial charge in [-0.2, -0.15) is 0 Å². The first-order chi connectivity index (χ1) is 13.1. The highest BCUT2D eigenvalue weighted by Crippen LogP contribution is 2.21. The second-order valence-electron chi connectivity index (χ2n) is 6.67. The molecule has 1 N–H and O–H groups in total. The van der Waals surface area contributed by atoms with Crippen LogP contribution in [0.4, 0.5) is 0 Å². The zero-order valence-electron chi connectivity index (χ0n) is 17.8. The largest absolute Gasteiger partial charge is 0.508 e. The lowest BCUT2D eigenvalue weighted by Gasteiger charge is -2.09. The minimum atomic E-state index is -0.331. The number of carbonyl (C=O) groups is 2. The van der Waals surface area contributed by atoms with Gasteiger partial charge in [-0.05, 0) is 82.9 Å². The van der Waals surface area contributed by atoms with Gasteiger partial charge in [0.15, 0.2) is 0 Å². The Morgan fingerprint density at radius 2 is 1.00 bits per heavy atom. The van der Waals surface area contributed by atoms with Gasteiger partial charge in [-0.3, -0.25) is 0 Å². The fraction of sp³-hybridized carbons (Fsp3) is 0.440. The Morgan fingerprint density at radius 3 is 1.30 bits per heavy atom. The number of hydrogen-bond donors (Lipinski definition) is 1. The van der Waals surface area contributed by atoms with Crippen LogP contribution in [-0.2, 0) is 9.47 Å². The third-order valence-corrected chi connectivity index (χ3v) is 4.15. The van der Waals surface area contributed by atoms with E-state index in [1.165, 1.54) is 5.56 Å². The number of hydrogen-bond acceptors (Lipinski definition) is 5. The molecule has 30 heavy (non-hydrogen) atoms. The normalized spacial score (nSPS) is 9.30. The van der Waals surface area contributed by atoms with Crippen molar-refractivity contribution in [1.29, 1.82) is 0 Å². The molecule has 168 valence electrons. The Labute approximate surface area is 182 Å². The quantitative estimate of drug-likeness (QED) is 0.594. The molecule has 0 saturated carbocycles. The van der Waals surface area contributed by atoms with E-state index in [-0.39, 0.29) is 32.5 Å². The Bertz CT molecular complexity index is 735. The van der Waals surface area contributed by atoms with Crippen molar-refractivity contribution in [3.05, 3.63) is 63.2 Å². The molecule has 0 amide bonds. The summed E-state index contributed by atoms with van der Waals surface area (Å²) in [6, 6.07) is 7.11. The molecule has 0 heterocycles. The van der Waals surface area contributed by atoms with Crippen molar-refractivity contribution in [1.82, 2.24) is 0 Å². The van der Waals surface area contributed by atoms with Gasteiger partial charge in [0, 0.05) is 0 Å². The van der Waals surface area contributed by atoms with E-state index in [9.17, 15) is 14.7 Å². The summed E-state index contributed by atoms with van der Waals surface area (Å²) in [4.78, 5) is 23.1. The molecule has 5 heteroatoms. The van der Waals surface area contributed by atoms with Crippen molar-refractivity contribution in [3.8, 4) is 5.75 Å². The fourth-order valence-electron chi connectivity index (χ4n) is 3.17. The average Bonchev–Trinajstić information content (AvgIpc) is 2.54. The molecule has 0 aliphatic rings. The molecule has 0 saturated heterocycles. The van der Waals surface area contributed by atoms with Gasteiger partial charge in [-0.25, -0.2) is 9.59 Å². The second-order valence-corrected chi connectivity index (χ2v) is 6.67. The molecule has 0 spiro atoms. The summed E-state index contributed by atoms with van der Waals surface area (Å²) in [5.74, 6) is -0.377. The van der Waals surface area contributed by atoms with E-state index in [0.717, 1.165) is 22.3 Å². The fourth-order valence-corrected chi connectivity index (χ4v) is 3.17. The molecule has 0 radical (unpaired) electrons. The van der Waals surface area contributed by atoms with Gasteiger partial charge >= 0.3 is 11.9 Å². The molecule has 0 aliphatic carbocycles. The first kappa shape index (κ1) is 29.4. The van der Waals surface area contributed by atoms with Crippen LogP contribution in [0.3, 0.4) is 0 Å². The summed E-state index contributed by atoms with van der Waals surface area (Å²) in [7, 11) is 0. The molecule has 2 aromatic rings. The number of phenolic OH excluding ortho intramolecular Hbond substituents is 1. The van der Waals surface area contributed by atoms with Crippen LogP contribution in [0.25, 0.3) is 0 Å². The van der Waals surface area contributed by atoms with Crippen molar-refractivity contribution in [2.75, 3.05) is 13.2 Å². The van der Waals surface area contributed by atoms with Gasteiger partial charge in [0.05, 0.1) is 24.3 Å². The zero-order chi connectivity index (χ0) is 21.4. The molecule has 0 aromatic heterocycles. The van der Waals surface area contributed by atoms with E-state index in [4.69, 9.17) is 9.47 Å². The molecule has 0 atom stereocenters. The standard InChI is InChI=1S/C12H16O2.C11H14O3.2CH4/c1-5-14-12(13)11-9(3)6-8(2)7-10(11)4;1-4-14-11(13)10-7(2)5-9(12)6-8(10)3;;/h6-7H,5H2,1-4H3;5-6,12H,4H2,1-3H3;2*1H4. The minimum Gasteiger partial charge on any atom is -0.508 e. The monoisotopic (exact) mass is 418 g/mol. The Balaban J connectivity index is 0. The van der Waals surface area contributed by atoms with Gasteiger partial charge < -0.3 is 14.6 Å². The van der Waals surface area contributed by atoms with E-state index in [1.807, 2.05) is 39.8 Å². The molecular formula is C25H38O5. The van der Waals surface area contributed by atoms with Gasteiger partial charge in [0.1, 0.15) is 5.75 Å². The molecule has 2 aromatic carbocycles. The summed E-state index contributed by atoms with van der Waals surface area (Å²) in [6.45, 7) is 13.8. The van der Waals surface area contributed by atoms with E-state index in [0.29, 0.717) is 24.3 Å². The second kappa shape index (κ2) is 13.4. The summed E-state index contributed by atoms with van der Waals surface area (Å²) in [5.41, 5.74) is 5.87. The van der Waals surface area contributed by atoms with Gasteiger partial charge in [-0.1, -0.05) is 32.5 Å². The highest BCUT2D eigenvalue weighted by Gasteiger charge is 2.14. The number of carbonyl (C=O) groups excluding carboxylic acids is 2. The lowest BCUT2D eigenvalue weighted by Crippen LogP contribution is -2.09. The van der Waals surface area contributed by atoms with Crippen molar-refractivity contribution in [3.63, 3.8) is 0 Å². The highest BCUT2D eigenvalue weighted by molar-refractivity contribution is 5.93. The van der Waals surface area contributed by atoms with Crippen molar-refractivity contribution in [2.45, 2.75) is 63.3 Å². The van der Waals surface area contributed by atoms with Crippen molar-refractivity contribution >= 4 is 11.9 Å². The number of ether oxygens (including phenoxy) is 2. The number of rotatable bonds is 4. The third-order valence-electron chi connectivity index (χ3n) is 4.15. The summed E-state index contributed by atoms with van der Waals surface area (Å²) < 4.78 is 9.90. The molecule has 2 rings (SSSR count). The van der Waals surface area contributed by atoms with Gasteiger partial charge in [-0.15, -0.1) is 0 Å². The minimum absolute atomic E-state index is 0. The number of aryl methyl sites for hydroxylation is 5. The highest BCUT2D eigenvalue weighted by atomic mass is 16.5. The number of benzene rings is 2. The van der Waals surface area contributed by atoms with Crippen LogP contribution in [0.15, 0.2) is 24.3 Å². The van der Waals surface area contributed by atoms with Crippen molar-refractivity contribution in [2.24, 2.45) is 0 Å². The Morgan fingerprint density at radius 1 is 0.700 bits per heavy atom. The number of aromatic hydroxyl groups is 1. The predicted octanol–water partition coefficient (Wildman–Crippen LogP) is 6.25. The maximum absolute atomic E-state index is 11.6. The molecular weight excluding hydrogens is 380 g/mol. The van der Waals surface area contributed by atoms with Crippen molar-refractivity contribution < 1.29 is 24.2 Å². The van der Waals surface area contributed by atoms with Crippen LogP contribution in [0.1, 0.15) is 77.2 Å². The van der Waals surface area contributed by atoms with E-state index in [1.54, 1.807) is 32.9 Å². The Kier molecular flexibility index (Phi) is 13.1. The van der Waals surface area contributed by atoms with E-state index >= 15 is 0 Å². The van der Waals surface area contributed by atoms with Crippen LogP contribution in [-0.4, -0.2) is 30.3 Å². The van der Waals surface area contributed by atoms with Crippen LogP contribution < -0.4 is 0 Å². The van der Waals surface area contributed by atoms with E-state index < -0.39 is 0 Å².